The molecule has 14 heavy (non-hydrogen) atoms. The highest BCUT2D eigenvalue weighted by molar-refractivity contribution is 6.16. The van der Waals surface area contributed by atoms with Gasteiger partial charge in [-0.2, -0.15) is 4.98 Å². The van der Waals surface area contributed by atoms with Crippen LogP contribution in [0.3, 0.4) is 0 Å². The number of aromatic nitrogens is 1. The summed E-state index contributed by atoms with van der Waals surface area (Å²) in [6, 6.07) is 0.611. The van der Waals surface area contributed by atoms with Crippen LogP contribution in [0.1, 0.15) is 12.6 Å². The number of hydrogen-bond acceptors (Lipinski definition) is 4. The number of methoxy groups -OCH3 is 1. The molecule has 0 aliphatic heterocycles. The summed E-state index contributed by atoms with van der Waals surface area (Å²) in [5, 5.41) is 0. The number of ether oxygens (including phenoxy) is 1. The van der Waals surface area contributed by atoms with Crippen LogP contribution in [0.5, 0.6) is 0 Å². The first-order chi connectivity index (χ1) is 6.81. The molecule has 5 heteroatoms. The first kappa shape index (κ1) is 11.3. The molecule has 0 atom stereocenters. The van der Waals surface area contributed by atoms with Crippen molar-refractivity contribution in [2.45, 2.75) is 12.8 Å². The van der Waals surface area contributed by atoms with E-state index >= 15 is 0 Å². The van der Waals surface area contributed by atoms with Gasteiger partial charge in [-0.25, -0.2) is 0 Å². The van der Waals surface area contributed by atoms with E-state index in [0.29, 0.717) is 18.5 Å². The van der Waals surface area contributed by atoms with Crippen LogP contribution in [0.2, 0.25) is 0 Å². The summed E-state index contributed by atoms with van der Waals surface area (Å²) in [5.74, 6) is 0.380. The second-order valence-corrected chi connectivity index (χ2v) is 3.09. The van der Waals surface area contributed by atoms with Crippen molar-refractivity contribution in [2.24, 2.45) is 0 Å². The summed E-state index contributed by atoms with van der Waals surface area (Å²) in [6.45, 7) is 4.31. The lowest BCUT2D eigenvalue weighted by Gasteiger charge is -2.17. The van der Waals surface area contributed by atoms with Crippen molar-refractivity contribution in [3.05, 3.63) is 12.0 Å². The minimum absolute atomic E-state index is 0.380. The van der Waals surface area contributed by atoms with Gasteiger partial charge in [-0.3, -0.25) is 0 Å². The first-order valence-electron chi connectivity index (χ1n) is 4.56. The second-order valence-electron chi connectivity index (χ2n) is 2.83. The van der Waals surface area contributed by atoms with Gasteiger partial charge in [0.15, 0.2) is 0 Å². The molecule has 0 bridgehead atoms. The van der Waals surface area contributed by atoms with Crippen molar-refractivity contribution in [2.75, 3.05) is 31.7 Å². The average Bonchev–Trinajstić information content (AvgIpc) is 2.68. The molecule has 1 rings (SSSR count). The van der Waals surface area contributed by atoms with E-state index in [-0.39, 0.29) is 0 Å². The van der Waals surface area contributed by atoms with Crippen LogP contribution in [0.15, 0.2) is 10.7 Å². The van der Waals surface area contributed by atoms with E-state index in [1.54, 1.807) is 13.4 Å². The number of anilines is 1. The van der Waals surface area contributed by atoms with Crippen LogP contribution >= 0.6 is 11.6 Å². The number of hydrogen-bond donors (Lipinski definition) is 0. The quantitative estimate of drug-likeness (QED) is 0.684. The van der Waals surface area contributed by atoms with Gasteiger partial charge in [0, 0.05) is 20.2 Å². The summed E-state index contributed by atoms with van der Waals surface area (Å²) >= 11 is 5.63. The van der Waals surface area contributed by atoms with Crippen LogP contribution < -0.4 is 4.90 Å². The Morgan fingerprint density at radius 3 is 2.93 bits per heavy atom. The molecule has 0 saturated carbocycles. The van der Waals surface area contributed by atoms with Gasteiger partial charge in [-0.05, 0) is 6.92 Å². The maximum absolute atomic E-state index is 5.63. The highest BCUT2D eigenvalue weighted by atomic mass is 35.5. The zero-order valence-corrected chi connectivity index (χ0v) is 9.25. The van der Waals surface area contributed by atoms with Crippen molar-refractivity contribution in [3.63, 3.8) is 0 Å². The predicted molar refractivity (Wildman–Crippen MR) is 55.8 cm³/mol. The lowest BCUT2D eigenvalue weighted by Crippen LogP contribution is -2.27. The molecule has 0 radical (unpaired) electrons. The molecule has 0 spiro atoms. The van der Waals surface area contributed by atoms with Crippen LogP contribution in [0, 0.1) is 0 Å². The smallest absolute Gasteiger partial charge is 0.297 e. The Morgan fingerprint density at radius 2 is 2.43 bits per heavy atom. The highest BCUT2D eigenvalue weighted by Crippen LogP contribution is 2.14. The standard InChI is InChI=1S/C9H15ClN2O2/c1-3-12(4-5-13-2)9-11-8(6-10)7-14-9/h7H,3-6H2,1-2H3. The van der Waals surface area contributed by atoms with Crippen LogP contribution in [0.25, 0.3) is 0 Å². The molecule has 80 valence electrons. The molecule has 0 aliphatic rings. The van der Waals surface area contributed by atoms with Crippen LogP contribution in [-0.4, -0.2) is 31.8 Å². The number of oxazole rings is 1. The maximum atomic E-state index is 5.63. The molecular weight excluding hydrogens is 204 g/mol. The molecule has 0 N–H and O–H groups in total. The van der Waals surface area contributed by atoms with E-state index in [1.807, 2.05) is 11.8 Å². The third-order valence-electron chi connectivity index (χ3n) is 1.89. The molecule has 0 saturated heterocycles. The molecule has 1 aromatic heterocycles. The third kappa shape index (κ3) is 2.89. The van der Waals surface area contributed by atoms with Gasteiger partial charge in [0.2, 0.25) is 0 Å². The zero-order chi connectivity index (χ0) is 10.4. The molecule has 0 amide bonds. The van der Waals surface area contributed by atoms with E-state index in [1.165, 1.54) is 0 Å². The third-order valence-corrected chi connectivity index (χ3v) is 2.17. The van der Waals surface area contributed by atoms with Crippen molar-refractivity contribution in [1.29, 1.82) is 0 Å². The Morgan fingerprint density at radius 1 is 1.64 bits per heavy atom. The Labute approximate surface area is 88.8 Å². The molecule has 1 heterocycles. The van der Waals surface area contributed by atoms with Gasteiger partial charge in [0.05, 0.1) is 18.2 Å². The SMILES string of the molecule is CCN(CCOC)c1nc(CCl)co1. The average molecular weight is 219 g/mol. The van der Waals surface area contributed by atoms with E-state index in [4.69, 9.17) is 20.8 Å². The largest absolute Gasteiger partial charge is 0.432 e. The molecule has 0 aromatic carbocycles. The van der Waals surface area contributed by atoms with E-state index < -0.39 is 0 Å². The summed E-state index contributed by atoms with van der Waals surface area (Å²) in [7, 11) is 1.67. The van der Waals surface area contributed by atoms with Gasteiger partial charge in [0.1, 0.15) is 6.26 Å². The summed E-state index contributed by atoms with van der Waals surface area (Å²) < 4.78 is 10.3. The molecule has 1 aromatic rings. The molecular formula is C9H15ClN2O2. The van der Waals surface area contributed by atoms with Gasteiger partial charge in [-0.15, -0.1) is 11.6 Å². The molecule has 4 nitrogen and oxygen atoms in total. The van der Waals surface area contributed by atoms with Crippen molar-refractivity contribution >= 4 is 17.6 Å². The fourth-order valence-corrected chi connectivity index (χ4v) is 1.22. The monoisotopic (exact) mass is 218 g/mol. The number of rotatable bonds is 6. The Hall–Kier alpha value is -0.740. The molecule has 0 fully saturated rings. The minimum Gasteiger partial charge on any atom is -0.432 e. The number of halogens is 1. The Bertz CT molecular complexity index is 265. The summed E-state index contributed by atoms with van der Waals surface area (Å²) in [5.41, 5.74) is 0.762. The topological polar surface area (TPSA) is 38.5 Å². The van der Waals surface area contributed by atoms with Crippen LogP contribution in [0.4, 0.5) is 6.01 Å². The Balaban J connectivity index is 2.58. The first-order valence-corrected chi connectivity index (χ1v) is 5.09. The van der Waals surface area contributed by atoms with Crippen molar-refractivity contribution in [1.82, 2.24) is 4.98 Å². The van der Waals surface area contributed by atoms with E-state index in [0.717, 1.165) is 18.8 Å². The zero-order valence-electron chi connectivity index (χ0n) is 8.49. The fraction of sp³-hybridized carbons (Fsp3) is 0.667. The van der Waals surface area contributed by atoms with Gasteiger partial charge >= 0.3 is 0 Å². The molecule has 0 aliphatic carbocycles. The lowest BCUT2D eigenvalue weighted by atomic mass is 10.5. The van der Waals surface area contributed by atoms with E-state index in [2.05, 4.69) is 4.98 Å². The lowest BCUT2D eigenvalue weighted by molar-refractivity contribution is 0.204. The van der Waals surface area contributed by atoms with Crippen molar-refractivity contribution < 1.29 is 9.15 Å². The summed E-state index contributed by atoms with van der Waals surface area (Å²) in [4.78, 5) is 6.22. The van der Waals surface area contributed by atoms with Gasteiger partial charge in [0.25, 0.3) is 6.01 Å². The van der Waals surface area contributed by atoms with E-state index in [9.17, 15) is 0 Å². The van der Waals surface area contributed by atoms with Crippen LogP contribution in [-0.2, 0) is 10.6 Å². The highest BCUT2D eigenvalue weighted by Gasteiger charge is 2.10. The van der Waals surface area contributed by atoms with Gasteiger partial charge < -0.3 is 14.1 Å². The summed E-state index contributed by atoms with van der Waals surface area (Å²) in [6.07, 6.45) is 1.58. The predicted octanol–water partition coefficient (Wildman–Crippen LogP) is 1.89. The fourth-order valence-electron chi connectivity index (χ4n) is 1.09. The number of nitrogens with zero attached hydrogens (tertiary/aromatic N) is 2. The molecule has 0 unspecified atom stereocenters. The van der Waals surface area contributed by atoms with Gasteiger partial charge in [-0.1, -0.05) is 0 Å². The number of alkyl halides is 1. The number of likely N-dealkylation sites (N-methyl/N-ethyl adjacent to an activating group) is 1. The minimum atomic E-state index is 0.380. The maximum Gasteiger partial charge on any atom is 0.297 e. The Kier molecular flexibility index (Phi) is 4.76. The second kappa shape index (κ2) is 5.88. The van der Waals surface area contributed by atoms with Crippen molar-refractivity contribution in [3.8, 4) is 0 Å². The normalized spacial score (nSPS) is 10.5.